The molecular weight excluding hydrogens is 225 g/mol. The van der Waals surface area contributed by atoms with Crippen LogP contribution in [0.3, 0.4) is 0 Å². The van der Waals surface area contributed by atoms with Crippen molar-refractivity contribution in [2.24, 2.45) is 5.73 Å². The van der Waals surface area contributed by atoms with Crippen molar-refractivity contribution in [3.8, 4) is 0 Å². The number of nitrogens with zero attached hydrogens (tertiary/aromatic N) is 1. The van der Waals surface area contributed by atoms with Crippen LogP contribution in [-0.2, 0) is 5.54 Å². The third kappa shape index (κ3) is 2.13. The molecule has 0 bridgehead atoms. The maximum atomic E-state index is 13.2. The van der Waals surface area contributed by atoms with Gasteiger partial charge >= 0.3 is 5.69 Å². The van der Waals surface area contributed by atoms with E-state index in [0.29, 0.717) is 6.07 Å². The predicted octanol–water partition coefficient (Wildman–Crippen LogP) is 2.17. The number of alkyl halides is 2. The van der Waals surface area contributed by atoms with Crippen LogP contribution in [0.25, 0.3) is 0 Å². The van der Waals surface area contributed by atoms with E-state index < -0.39 is 28.4 Å². The smallest absolute Gasteiger partial charge is 0.304 e. The van der Waals surface area contributed by atoms with Crippen LogP contribution in [0.5, 0.6) is 0 Å². The summed E-state index contributed by atoms with van der Waals surface area (Å²) in [5, 5.41) is 10.3. The molecule has 0 aliphatic rings. The second-order valence-electron chi connectivity index (χ2n) is 3.51. The number of halogens is 3. The maximum Gasteiger partial charge on any atom is 0.304 e. The summed E-state index contributed by atoms with van der Waals surface area (Å²) in [6.07, 6.45) is -2.90. The van der Waals surface area contributed by atoms with E-state index in [0.717, 1.165) is 19.1 Å². The Hall–Kier alpha value is -1.63. The molecule has 0 fully saturated rings. The predicted molar refractivity (Wildman–Crippen MR) is 50.6 cm³/mol. The average molecular weight is 234 g/mol. The first-order valence-corrected chi connectivity index (χ1v) is 4.28. The quantitative estimate of drug-likeness (QED) is 0.643. The minimum absolute atomic E-state index is 0.189. The first kappa shape index (κ1) is 12.4. The van der Waals surface area contributed by atoms with Gasteiger partial charge < -0.3 is 5.73 Å². The van der Waals surface area contributed by atoms with E-state index in [2.05, 4.69) is 0 Å². The van der Waals surface area contributed by atoms with Crippen LogP contribution in [0.1, 0.15) is 12.5 Å². The van der Waals surface area contributed by atoms with Gasteiger partial charge in [0.25, 0.3) is 6.43 Å². The van der Waals surface area contributed by atoms with Crippen molar-refractivity contribution in [2.45, 2.75) is 18.9 Å². The van der Waals surface area contributed by atoms with Crippen LogP contribution >= 0.6 is 0 Å². The Morgan fingerprint density at radius 2 is 2.06 bits per heavy atom. The molecule has 1 atom stereocenters. The molecule has 4 nitrogen and oxygen atoms in total. The lowest BCUT2D eigenvalue weighted by molar-refractivity contribution is -0.387. The zero-order valence-electron chi connectivity index (χ0n) is 8.28. The summed E-state index contributed by atoms with van der Waals surface area (Å²) in [4.78, 5) is 9.37. The van der Waals surface area contributed by atoms with Crippen LogP contribution < -0.4 is 5.73 Å². The second-order valence-corrected chi connectivity index (χ2v) is 3.51. The van der Waals surface area contributed by atoms with E-state index in [1.165, 1.54) is 0 Å². The Kier molecular flexibility index (Phi) is 3.18. The monoisotopic (exact) mass is 234 g/mol. The largest absolute Gasteiger partial charge is 0.317 e. The molecule has 1 rings (SSSR count). The van der Waals surface area contributed by atoms with Crippen molar-refractivity contribution in [2.75, 3.05) is 0 Å². The van der Waals surface area contributed by atoms with E-state index in [-0.39, 0.29) is 5.56 Å². The van der Waals surface area contributed by atoms with Crippen LogP contribution in [0.4, 0.5) is 18.9 Å². The van der Waals surface area contributed by atoms with Gasteiger partial charge in [-0.05, 0) is 24.6 Å². The molecule has 0 spiro atoms. The Bertz CT molecular complexity index is 421. The highest BCUT2D eigenvalue weighted by Gasteiger charge is 2.33. The molecule has 1 unspecified atom stereocenters. The summed E-state index contributed by atoms with van der Waals surface area (Å²) in [7, 11) is 0. The first-order chi connectivity index (χ1) is 7.26. The molecule has 0 aliphatic carbocycles. The first-order valence-electron chi connectivity index (χ1n) is 4.28. The van der Waals surface area contributed by atoms with Gasteiger partial charge in [0, 0.05) is 6.07 Å². The Morgan fingerprint density at radius 3 is 2.44 bits per heavy atom. The molecule has 0 aliphatic heterocycles. The number of nitro benzene ring substituents is 1. The molecule has 88 valence electrons. The summed E-state index contributed by atoms with van der Waals surface area (Å²) in [6, 6.07) is 2.50. The molecular formula is C9H9F3N2O2. The third-order valence-electron chi connectivity index (χ3n) is 2.22. The van der Waals surface area contributed by atoms with Crippen molar-refractivity contribution in [1.29, 1.82) is 0 Å². The standard InChI is InChI=1S/C9H9F3N2O2/c1-9(13,8(11)12)5-2-3-7(14(15)16)6(10)4-5/h2-4,8H,13H2,1H3. The van der Waals surface area contributed by atoms with Crippen molar-refractivity contribution in [1.82, 2.24) is 0 Å². The normalized spacial score (nSPS) is 14.9. The lowest BCUT2D eigenvalue weighted by Gasteiger charge is -2.23. The number of nitrogens with two attached hydrogens (primary N) is 1. The highest BCUT2D eigenvalue weighted by Crippen LogP contribution is 2.28. The number of hydrogen-bond donors (Lipinski definition) is 1. The molecule has 2 N–H and O–H groups in total. The molecule has 7 heteroatoms. The van der Waals surface area contributed by atoms with Crippen molar-refractivity contribution in [3.63, 3.8) is 0 Å². The van der Waals surface area contributed by atoms with E-state index >= 15 is 0 Å². The number of hydrogen-bond acceptors (Lipinski definition) is 3. The SMILES string of the molecule is CC(N)(c1ccc([N+](=O)[O-])c(F)c1)C(F)F. The minimum atomic E-state index is -2.90. The Balaban J connectivity index is 3.21. The van der Waals surface area contributed by atoms with Crippen molar-refractivity contribution in [3.05, 3.63) is 39.7 Å². The fourth-order valence-electron chi connectivity index (χ4n) is 1.12. The number of nitro groups is 1. The van der Waals surface area contributed by atoms with Gasteiger partial charge in [0.05, 0.1) is 10.5 Å². The van der Waals surface area contributed by atoms with Gasteiger partial charge in [0.15, 0.2) is 0 Å². The Labute approximate surface area is 89.0 Å². The summed E-state index contributed by atoms with van der Waals surface area (Å²) < 4.78 is 38.2. The second kappa shape index (κ2) is 4.09. The third-order valence-corrected chi connectivity index (χ3v) is 2.22. The highest BCUT2D eigenvalue weighted by molar-refractivity contribution is 5.37. The van der Waals surface area contributed by atoms with Crippen molar-refractivity contribution >= 4 is 5.69 Å². The molecule has 0 amide bonds. The molecule has 0 aromatic heterocycles. The fourth-order valence-corrected chi connectivity index (χ4v) is 1.12. The number of benzene rings is 1. The van der Waals surface area contributed by atoms with E-state index in [4.69, 9.17) is 5.73 Å². The van der Waals surface area contributed by atoms with Gasteiger partial charge in [0.1, 0.15) is 0 Å². The average Bonchev–Trinajstić information content (AvgIpc) is 2.16. The fraction of sp³-hybridized carbons (Fsp3) is 0.333. The molecule has 0 saturated heterocycles. The van der Waals surface area contributed by atoms with Gasteiger partial charge in [-0.1, -0.05) is 0 Å². The lowest BCUT2D eigenvalue weighted by Crippen LogP contribution is -2.40. The molecule has 1 aromatic rings. The van der Waals surface area contributed by atoms with Gasteiger partial charge in [-0.15, -0.1) is 0 Å². The van der Waals surface area contributed by atoms with Crippen LogP contribution in [0.15, 0.2) is 18.2 Å². The number of rotatable bonds is 3. The van der Waals surface area contributed by atoms with Crippen LogP contribution in [-0.4, -0.2) is 11.3 Å². The highest BCUT2D eigenvalue weighted by atomic mass is 19.3. The topological polar surface area (TPSA) is 69.2 Å². The van der Waals surface area contributed by atoms with E-state index in [1.807, 2.05) is 0 Å². The maximum absolute atomic E-state index is 13.2. The lowest BCUT2D eigenvalue weighted by atomic mass is 9.93. The summed E-state index contributed by atoms with van der Waals surface area (Å²) in [5.74, 6) is -1.18. The summed E-state index contributed by atoms with van der Waals surface area (Å²) >= 11 is 0. The van der Waals surface area contributed by atoms with E-state index in [9.17, 15) is 23.3 Å². The molecule has 0 heterocycles. The summed E-state index contributed by atoms with van der Waals surface area (Å²) in [5.41, 5.74) is 2.30. The van der Waals surface area contributed by atoms with Gasteiger partial charge in [-0.2, -0.15) is 4.39 Å². The zero-order valence-corrected chi connectivity index (χ0v) is 8.28. The molecule has 16 heavy (non-hydrogen) atoms. The molecule has 0 radical (unpaired) electrons. The zero-order chi connectivity index (χ0) is 12.5. The molecule has 0 saturated carbocycles. The summed E-state index contributed by atoms with van der Waals surface area (Å²) in [6.45, 7) is 1.03. The van der Waals surface area contributed by atoms with Crippen LogP contribution in [0.2, 0.25) is 0 Å². The Morgan fingerprint density at radius 1 is 1.50 bits per heavy atom. The van der Waals surface area contributed by atoms with Gasteiger partial charge in [-0.25, -0.2) is 8.78 Å². The van der Waals surface area contributed by atoms with Gasteiger partial charge in [-0.3, -0.25) is 10.1 Å². The molecule has 1 aromatic carbocycles. The van der Waals surface area contributed by atoms with Crippen LogP contribution in [0, 0.1) is 15.9 Å². The van der Waals surface area contributed by atoms with Crippen molar-refractivity contribution < 1.29 is 18.1 Å². The minimum Gasteiger partial charge on any atom is -0.317 e. The van der Waals surface area contributed by atoms with E-state index in [1.54, 1.807) is 0 Å². The van der Waals surface area contributed by atoms with Gasteiger partial charge in [0.2, 0.25) is 5.82 Å².